The third kappa shape index (κ3) is 5.10. The van der Waals surface area contributed by atoms with Crippen molar-refractivity contribution < 1.29 is 18.0 Å². The molecule has 1 fully saturated rings. The van der Waals surface area contributed by atoms with E-state index in [1.165, 1.54) is 30.9 Å². The summed E-state index contributed by atoms with van der Waals surface area (Å²) in [7, 11) is 0. The predicted molar refractivity (Wildman–Crippen MR) is 133 cm³/mol. The van der Waals surface area contributed by atoms with Crippen molar-refractivity contribution in [3.63, 3.8) is 0 Å². The smallest absolute Gasteiger partial charge is 0.354 e. The van der Waals surface area contributed by atoms with Gasteiger partial charge in [0.25, 0.3) is 5.91 Å². The molecular weight excluding hydrogens is 451 g/mol. The molecular formula is C28H26F3N3O. The van der Waals surface area contributed by atoms with Crippen LogP contribution in [0.15, 0.2) is 72.8 Å². The number of carbonyl (C=O) groups excluding carboxylic acids is 1. The Hall–Kier alpha value is -3.58. The average Bonchev–Trinajstić information content (AvgIpc) is 3.19. The molecule has 2 heterocycles. The molecule has 2 N–H and O–H groups in total. The molecule has 2 aliphatic rings. The van der Waals surface area contributed by atoms with Gasteiger partial charge in [-0.15, -0.1) is 0 Å². The van der Waals surface area contributed by atoms with Crippen molar-refractivity contribution in [3.05, 3.63) is 95.1 Å². The number of benzene rings is 3. The van der Waals surface area contributed by atoms with E-state index in [2.05, 4.69) is 27.7 Å². The summed E-state index contributed by atoms with van der Waals surface area (Å²) in [5.41, 5.74) is 3.45. The lowest BCUT2D eigenvalue weighted by atomic mass is 9.99. The maximum Gasteiger partial charge on any atom is 0.416 e. The summed E-state index contributed by atoms with van der Waals surface area (Å²) < 4.78 is 39.6. The molecule has 35 heavy (non-hydrogen) atoms. The molecule has 0 aliphatic carbocycles. The topological polar surface area (TPSA) is 44.4 Å². The van der Waals surface area contributed by atoms with E-state index >= 15 is 0 Å². The first-order chi connectivity index (χ1) is 16.9. The molecule has 0 aromatic heterocycles. The highest BCUT2D eigenvalue weighted by Gasteiger charge is 2.34. The van der Waals surface area contributed by atoms with E-state index in [1.807, 2.05) is 42.5 Å². The van der Waals surface area contributed by atoms with Gasteiger partial charge in [0.1, 0.15) is 0 Å². The van der Waals surface area contributed by atoms with E-state index in [0.29, 0.717) is 16.8 Å². The lowest BCUT2D eigenvalue weighted by molar-refractivity contribution is -0.137. The second kappa shape index (κ2) is 9.58. The first-order valence-electron chi connectivity index (χ1n) is 11.8. The van der Waals surface area contributed by atoms with E-state index < -0.39 is 17.6 Å². The second-order valence-electron chi connectivity index (χ2n) is 8.99. The minimum atomic E-state index is -4.48. The van der Waals surface area contributed by atoms with Gasteiger partial charge in [0.05, 0.1) is 16.8 Å². The molecule has 7 heteroatoms. The minimum Gasteiger partial charge on any atom is -0.354 e. The summed E-state index contributed by atoms with van der Waals surface area (Å²) >= 11 is 0. The van der Waals surface area contributed by atoms with Crippen molar-refractivity contribution in [1.29, 1.82) is 0 Å². The van der Waals surface area contributed by atoms with Crippen LogP contribution in [-0.2, 0) is 17.5 Å². The standard InChI is InChI=1S/C28H26F3N3O/c29-28(30,31)21-11-14-23-24(17-21)33-27(35)25(23)26(20-7-3-1-4-8-20)32-22-12-9-19(10-13-22)18-34-15-5-2-6-16-34/h1,3-4,7-14,17,32H,2,5-6,15-16,18H2,(H,33,35)/b26-25-. The van der Waals surface area contributed by atoms with Crippen molar-refractivity contribution in [2.24, 2.45) is 0 Å². The van der Waals surface area contributed by atoms with Crippen molar-refractivity contribution in [3.8, 4) is 0 Å². The van der Waals surface area contributed by atoms with Gasteiger partial charge in [-0.25, -0.2) is 0 Å². The normalized spacial score (nSPS) is 17.6. The molecule has 0 atom stereocenters. The molecule has 0 saturated carbocycles. The van der Waals surface area contributed by atoms with E-state index in [-0.39, 0.29) is 5.69 Å². The molecule has 1 saturated heterocycles. The van der Waals surface area contributed by atoms with E-state index in [1.54, 1.807) is 0 Å². The highest BCUT2D eigenvalue weighted by atomic mass is 19.4. The number of alkyl halides is 3. The molecule has 3 aromatic carbocycles. The Morgan fingerprint density at radius 2 is 1.63 bits per heavy atom. The number of hydrogen-bond donors (Lipinski definition) is 2. The van der Waals surface area contributed by atoms with Crippen LogP contribution in [0.3, 0.4) is 0 Å². The van der Waals surface area contributed by atoms with Crippen LogP contribution in [0, 0.1) is 0 Å². The Morgan fingerprint density at radius 3 is 2.31 bits per heavy atom. The molecule has 2 aliphatic heterocycles. The lowest BCUT2D eigenvalue weighted by Crippen LogP contribution is -2.29. The van der Waals surface area contributed by atoms with Crippen LogP contribution in [-0.4, -0.2) is 23.9 Å². The highest BCUT2D eigenvalue weighted by molar-refractivity contribution is 6.37. The van der Waals surface area contributed by atoms with Gasteiger partial charge in [-0.3, -0.25) is 9.69 Å². The third-order valence-electron chi connectivity index (χ3n) is 6.48. The van der Waals surface area contributed by atoms with Crippen LogP contribution in [0.5, 0.6) is 0 Å². The van der Waals surface area contributed by atoms with E-state index in [9.17, 15) is 18.0 Å². The number of anilines is 2. The lowest BCUT2D eigenvalue weighted by Gasteiger charge is -2.26. The molecule has 180 valence electrons. The Labute approximate surface area is 202 Å². The number of amides is 1. The summed E-state index contributed by atoms with van der Waals surface area (Å²) in [4.78, 5) is 15.4. The molecule has 4 nitrogen and oxygen atoms in total. The van der Waals surface area contributed by atoms with Gasteiger partial charge in [0.15, 0.2) is 0 Å². The first-order valence-corrected chi connectivity index (χ1v) is 11.8. The van der Waals surface area contributed by atoms with Crippen molar-refractivity contribution in [2.45, 2.75) is 32.0 Å². The Kier molecular flexibility index (Phi) is 6.34. The number of rotatable bonds is 5. The predicted octanol–water partition coefficient (Wildman–Crippen LogP) is 6.62. The average molecular weight is 478 g/mol. The summed E-state index contributed by atoms with van der Waals surface area (Å²) in [6.45, 7) is 3.15. The zero-order valence-corrected chi connectivity index (χ0v) is 19.2. The Bertz CT molecular complexity index is 1240. The highest BCUT2D eigenvalue weighted by Crippen LogP contribution is 2.40. The summed E-state index contributed by atoms with van der Waals surface area (Å²) in [6, 6.07) is 20.8. The summed E-state index contributed by atoms with van der Waals surface area (Å²) in [5, 5.41) is 5.98. The maximum atomic E-state index is 13.2. The van der Waals surface area contributed by atoms with Crippen molar-refractivity contribution >= 4 is 28.6 Å². The number of piperidine rings is 1. The molecule has 1 amide bonds. The Balaban J connectivity index is 1.48. The van der Waals surface area contributed by atoms with Crippen LogP contribution in [0.4, 0.5) is 24.5 Å². The number of fused-ring (bicyclic) bond motifs is 1. The zero-order valence-electron chi connectivity index (χ0n) is 19.2. The van der Waals surface area contributed by atoms with Crippen LogP contribution in [0.2, 0.25) is 0 Å². The van der Waals surface area contributed by atoms with Gasteiger partial charge in [-0.2, -0.15) is 13.2 Å². The SMILES string of the molecule is O=C1Nc2cc(C(F)(F)F)ccc2/C1=C(/Nc1ccc(CN2CCCCC2)cc1)c1ccccc1. The fraction of sp³-hybridized carbons (Fsp3) is 0.250. The summed E-state index contributed by atoms with van der Waals surface area (Å²) in [6.07, 6.45) is -0.712. The van der Waals surface area contributed by atoms with Crippen LogP contribution < -0.4 is 10.6 Å². The largest absolute Gasteiger partial charge is 0.416 e. The number of hydrogen-bond acceptors (Lipinski definition) is 3. The molecule has 0 bridgehead atoms. The zero-order chi connectivity index (χ0) is 24.4. The van der Waals surface area contributed by atoms with Crippen LogP contribution in [0.1, 0.15) is 41.5 Å². The molecule has 0 radical (unpaired) electrons. The van der Waals surface area contributed by atoms with Crippen molar-refractivity contribution in [2.75, 3.05) is 23.7 Å². The van der Waals surface area contributed by atoms with Gasteiger partial charge in [-0.1, -0.05) is 55.0 Å². The fourth-order valence-electron chi connectivity index (χ4n) is 4.69. The summed E-state index contributed by atoms with van der Waals surface area (Å²) in [5.74, 6) is -0.438. The van der Waals surface area contributed by atoms with Gasteiger partial charge >= 0.3 is 6.18 Å². The molecule has 5 rings (SSSR count). The van der Waals surface area contributed by atoms with Crippen LogP contribution in [0.25, 0.3) is 11.3 Å². The van der Waals surface area contributed by atoms with Gasteiger partial charge in [-0.05, 0) is 61.3 Å². The maximum absolute atomic E-state index is 13.2. The fourth-order valence-corrected chi connectivity index (χ4v) is 4.69. The Morgan fingerprint density at radius 1 is 0.914 bits per heavy atom. The molecule has 0 unspecified atom stereocenters. The number of carbonyl (C=O) groups is 1. The number of nitrogens with one attached hydrogen (secondary N) is 2. The minimum absolute atomic E-state index is 0.159. The first kappa shape index (κ1) is 23.2. The number of nitrogens with zero attached hydrogens (tertiary/aromatic N) is 1. The third-order valence-corrected chi connectivity index (χ3v) is 6.48. The number of likely N-dealkylation sites (tertiary alicyclic amines) is 1. The van der Waals surface area contributed by atoms with Gasteiger partial charge in [0.2, 0.25) is 0 Å². The van der Waals surface area contributed by atoms with E-state index in [0.717, 1.165) is 43.0 Å². The molecule has 3 aromatic rings. The van der Waals surface area contributed by atoms with Crippen molar-refractivity contribution in [1.82, 2.24) is 4.90 Å². The van der Waals surface area contributed by atoms with Gasteiger partial charge in [0, 0.05) is 23.5 Å². The van der Waals surface area contributed by atoms with Crippen LogP contribution >= 0.6 is 0 Å². The second-order valence-corrected chi connectivity index (χ2v) is 8.99. The van der Waals surface area contributed by atoms with E-state index in [4.69, 9.17) is 0 Å². The number of halogens is 3. The quantitative estimate of drug-likeness (QED) is 0.406. The van der Waals surface area contributed by atoms with Gasteiger partial charge < -0.3 is 10.6 Å². The molecule has 0 spiro atoms. The monoisotopic (exact) mass is 477 g/mol.